The van der Waals surface area contributed by atoms with E-state index in [1.165, 1.54) is 25.3 Å². The fourth-order valence-corrected chi connectivity index (χ4v) is 4.57. The number of carbonyl (C=O) groups excluding carboxylic acids is 2. The van der Waals surface area contributed by atoms with E-state index in [1.54, 1.807) is 7.11 Å². The number of methoxy groups -OCH3 is 3. The van der Waals surface area contributed by atoms with Gasteiger partial charge in [-0.3, -0.25) is 9.69 Å². The molecule has 1 unspecified atom stereocenters. The third-order valence-corrected chi connectivity index (χ3v) is 6.33. The zero-order valence-electron chi connectivity index (χ0n) is 20.4. The average Bonchev–Trinajstić information content (AvgIpc) is 3.30. The zero-order chi connectivity index (χ0) is 24.3. The first-order chi connectivity index (χ1) is 16.6. The van der Waals surface area contributed by atoms with Gasteiger partial charge in [-0.2, -0.15) is 0 Å². The van der Waals surface area contributed by atoms with Crippen molar-refractivity contribution < 1.29 is 28.5 Å². The van der Waals surface area contributed by atoms with E-state index in [-0.39, 0.29) is 24.8 Å². The van der Waals surface area contributed by atoms with Crippen LogP contribution in [0.3, 0.4) is 0 Å². The van der Waals surface area contributed by atoms with Crippen LogP contribution in [0.15, 0.2) is 42.5 Å². The van der Waals surface area contributed by atoms with E-state index >= 15 is 0 Å². The average molecular weight is 470 g/mol. The molecule has 0 amide bonds. The number of benzene rings is 2. The number of hydrogen-bond donors (Lipinski definition) is 0. The molecule has 0 spiro atoms. The SMILES string of the molecule is COCOc1ccccc1CCN(CCCCC(=O)OC)C1CCc2cc(C(=O)OC)ccc21. The second-order valence-corrected chi connectivity index (χ2v) is 8.44. The summed E-state index contributed by atoms with van der Waals surface area (Å²) in [5, 5.41) is 0. The highest BCUT2D eigenvalue weighted by atomic mass is 16.7. The summed E-state index contributed by atoms with van der Waals surface area (Å²) in [6.07, 6.45) is 4.89. The molecule has 1 aliphatic carbocycles. The summed E-state index contributed by atoms with van der Waals surface area (Å²) >= 11 is 0. The minimum Gasteiger partial charge on any atom is -0.469 e. The first-order valence-corrected chi connectivity index (χ1v) is 11.8. The van der Waals surface area contributed by atoms with Crippen LogP contribution >= 0.6 is 0 Å². The Labute approximate surface area is 201 Å². The number of carbonyl (C=O) groups is 2. The molecule has 1 aliphatic rings. The van der Waals surface area contributed by atoms with Crippen LogP contribution in [-0.4, -0.2) is 58.1 Å². The van der Waals surface area contributed by atoms with E-state index in [4.69, 9.17) is 18.9 Å². The molecule has 3 rings (SSSR count). The maximum Gasteiger partial charge on any atom is 0.337 e. The van der Waals surface area contributed by atoms with Gasteiger partial charge >= 0.3 is 11.9 Å². The van der Waals surface area contributed by atoms with Crippen LogP contribution in [-0.2, 0) is 31.8 Å². The van der Waals surface area contributed by atoms with Gasteiger partial charge in [0, 0.05) is 26.1 Å². The summed E-state index contributed by atoms with van der Waals surface area (Å²) in [4.78, 5) is 26.0. The van der Waals surface area contributed by atoms with Crippen LogP contribution in [0, 0.1) is 0 Å². The molecule has 0 fully saturated rings. The summed E-state index contributed by atoms with van der Waals surface area (Å²) < 4.78 is 20.5. The highest BCUT2D eigenvalue weighted by Gasteiger charge is 2.28. The van der Waals surface area contributed by atoms with Crippen molar-refractivity contribution in [2.45, 2.75) is 44.6 Å². The van der Waals surface area contributed by atoms with Gasteiger partial charge in [0.15, 0.2) is 6.79 Å². The normalized spacial score (nSPS) is 14.6. The highest BCUT2D eigenvalue weighted by Crippen LogP contribution is 2.37. The predicted molar refractivity (Wildman–Crippen MR) is 129 cm³/mol. The van der Waals surface area contributed by atoms with Crippen molar-refractivity contribution in [2.75, 3.05) is 41.2 Å². The van der Waals surface area contributed by atoms with Crippen LogP contribution in [0.25, 0.3) is 0 Å². The molecule has 0 saturated carbocycles. The molecule has 34 heavy (non-hydrogen) atoms. The molecule has 1 atom stereocenters. The molecule has 0 N–H and O–H groups in total. The van der Waals surface area contributed by atoms with Gasteiger partial charge in [-0.05, 0) is 73.5 Å². The third-order valence-electron chi connectivity index (χ3n) is 6.33. The number of hydrogen-bond acceptors (Lipinski definition) is 7. The van der Waals surface area contributed by atoms with Gasteiger partial charge in [0.2, 0.25) is 0 Å². The van der Waals surface area contributed by atoms with Crippen molar-refractivity contribution in [1.82, 2.24) is 4.90 Å². The Bertz CT molecular complexity index is 960. The number of ether oxygens (including phenoxy) is 4. The van der Waals surface area contributed by atoms with E-state index in [2.05, 4.69) is 17.0 Å². The molecule has 2 aromatic rings. The van der Waals surface area contributed by atoms with Gasteiger partial charge in [0.1, 0.15) is 5.75 Å². The fraction of sp³-hybridized carbons (Fsp3) is 0.481. The van der Waals surface area contributed by atoms with Gasteiger partial charge < -0.3 is 18.9 Å². The van der Waals surface area contributed by atoms with Crippen LogP contribution in [0.4, 0.5) is 0 Å². The van der Waals surface area contributed by atoms with Crippen molar-refractivity contribution >= 4 is 11.9 Å². The summed E-state index contributed by atoms with van der Waals surface area (Å²) in [6.45, 7) is 1.95. The molecule has 7 nitrogen and oxygen atoms in total. The van der Waals surface area contributed by atoms with E-state index in [9.17, 15) is 9.59 Å². The second kappa shape index (κ2) is 13.1. The Balaban J connectivity index is 1.73. The number of unbranched alkanes of at least 4 members (excludes halogenated alkanes) is 1. The van der Waals surface area contributed by atoms with E-state index in [0.29, 0.717) is 12.0 Å². The lowest BCUT2D eigenvalue weighted by Gasteiger charge is -2.30. The quantitative estimate of drug-likeness (QED) is 0.246. The molecule has 7 heteroatoms. The Hall–Kier alpha value is -2.90. The standard InChI is InChI=1S/C27H35NO6/c1-31-19-34-25-9-5-4-8-20(25)15-17-28(16-7-6-10-26(29)32-2)24-14-12-21-18-22(27(30)33-3)11-13-23(21)24/h4-5,8-9,11,13,18,24H,6-7,10,12,14-17,19H2,1-3H3. The van der Waals surface area contributed by atoms with Crippen molar-refractivity contribution in [3.8, 4) is 5.75 Å². The third kappa shape index (κ3) is 6.81. The minimum atomic E-state index is -0.307. The summed E-state index contributed by atoms with van der Waals surface area (Å²) in [5.41, 5.74) is 4.20. The van der Waals surface area contributed by atoms with E-state index in [1.807, 2.05) is 30.3 Å². The van der Waals surface area contributed by atoms with Gasteiger partial charge in [-0.25, -0.2) is 4.79 Å². The Morgan fingerprint density at radius 2 is 1.82 bits per heavy atom. The molecule has 0 radical (unpaired) electrons. The van der Waals surface area contributed by atoms with Crippen molar-refractivity contribution in [2.24, 2.45) is 0 Å². The van der Waals surface area contributed by atoms with E-state index < -0.39 is 0 Å². The largest absolute Gasteiger partial charge is 0.469 e. The second-order valence-electron chi connectivity index (χ2n) is 8.44. The first-order valence-electron chi connectivity index (χ1n) is 11.8. The monoisotopic (exact) mass is 469 g/mol. The topological polar surface area (TPSA) is 74.3 Å². The molecule has 0 saturated heterocycles. The maximum absolute atomic E-state index is 12.0. The smallest absolute Gasteiger partial charge is 0.337 e. The minimum absolute atomic E-state index is 0.169. The molecular formula is C27H35NO6. The van der Waals surface area contributed by atoms with Crippen LogP contribution in [0.5, 0.6) is 5.75 Å². The van der Waals surface area contributed by atoms with Gasteiger partial charge in [0.05, 0.1) is 19.8 Å². The number of rotatable bonds is 13. The first kappa shape index (κ1) is 25.7. The molecule has 2 aromatic carbocycles. The lowest BCUT2D eigenvalue weighted by Crippen LogP contribution is -2.31. The number of fused-ring (bicyclic) bond motifs is 1. The molecule has 0 aliphatic heterocycles. The molecule has 184 valence electrons. The zero-order valence-corrected chi connectivity index (χ0v) is 20.4. The van der Waals surface area contributed by atoms with E-state index in [0.717, 1.165) is 56.5 Å². The molecule has 0 heterocycles. The number of para-hydroxylation sites is 1. The summed E-state index contributed by atoms with van der Waals surface area (Å²) in [6, 6.07) is 14.2. The summed E-state index contributed by atoms with van der Waals surface area (Å²) in [7, 11) is 4.44. The number of esters is 2. The Kier molecular flexibility index (Phi) is 9.91. The highest BCUT2D eigenvalue weighted by molar-refractivity contribution is 5.89. The van der Waals surface area contributed by atoms with Crippen LogP contribution in [0.1, 0.15) is 58.8 Å². The summed E-state index contributed by atoms with van der Waals surface area (Å²) in [5.74, 6) is 0.362. The van der Waals surface area contributed by atoms with Crippen LogP contribution < -0.4 is 4.74 Å². The Morgan fingerprint density at radius 3 is 2.59 bits per heavy atom. The van der Waals surface area contributed by atoms with Gasteiger partial charge in [-0.1, -0.05) is 24.3 Å². The lowest BCUT2D eigenvalue weighted by molar-refractivity contribution is -0.140. The molecule has 0 aromatic heterocycles. The predicted octanol–water partition coefficient (Wildman–Crippen LogP) is 4.33. The maximum atomic E-state index is 12.0. The lowest BCUT2D eigenvalue weighted by atomic mass is 10.0. The van der Waals surface area contributed by atoms with Crippen molar-refractivity contribution in [1.29, 1.82) is 0 Å². The van der Waals surface area contributed by atoms with Crippen molar-refractivity contribution in [3.05, 3.63) is 64.7 Å². The Morgan fingerprint density at radius 1 is 1.00 bits per heavy atom. The number of aryl methyl sites for hydroxylation is 1. The molecular weight excluding hydrogens is 434 g/mol. The van der Waals surface area contributed by atoms with Gasteiger partial charge in [0.25, 0.3) is 0 Å². The van der Waals surface area contributed by atoms with Crippen molar-refractivity contribution in [3.63, 3.8) is 0 Å². The molecule has 0 bridgehead atoms. The number of nitrogens with zero attached hydrogens (tertiary/aromatic N) is 1. The van der Waals surface area contributed by atoms with Gasteiger partial charge in [-0.15, -0.1) is 0 Å². The fourth-order valence-electron chi connectivity index (χ4n) is 4.57. The van der Waals surface area contributed by atoms with Crippen LogP contribution in [0.2, 0.25) is 0 Å².